The summed E-state index contributed by atoms with van der Waals surface area (Å²) in [5.74, 6) is 0. The highest BCUT2D eigenvalue weighted by Gasteiger charge is 2.24. The van der Waals surface area contributed by atoms with E-state index < -0.39 is 0 Å². The van der Waals surface area contributed by atoms with E-state index in [4.69, 9.17) is 0 Å². The summed E-state index contributed by atoms with van der Waals surface area (Å²) in [4.78, 5) is 15.7. The van der Waals surface area contributed by atoms with Crippen molar-refractivity contribution in [2.45, 2.75) is 59.7 Å². The summed E-state index contributed by atoms with van der Waals surface area (Å²) < 4.78 is 0. The first kappa shape index (κ1) is 13.3. The Morgan fingerprint density at radius 3 is 1.43 bits per heavy atom. The molecule has 84 valence electrons. The summed E-state index contributed by atoms with van der Waals surface area (Å²) in [6.07, 6.45) is 0. The Kier molecular flexibility index (Phi) is 4.95. The second kappa shape index (κ2) is 5.23. The Balaban J connectivity index is 4.60. The predicted molar refractivity (Wildman–Crippen MR) is 60.4 cm³/mol. The zero-order valence-corrected chi connectivity index (χ0v) is 10.5. The van der Waals surface area contributed by atoms with Gasteiger partial charge in [0.2, 0.25) is 0 Å². The van der Waals surface area contributed by atoms with Gasteiger partial charge < -0.3 is 9.80 Å². The van der Waals surface area contributed by atoms with Crippen LogP contribution in [0.4, 0.5) is 4.79 Å². The molecule has 0 bridgehead atoms. The van der Waals surface area contributed by atoms with Gasteiger partial charge in [-0.15, -0.1) is 0 Å². The lowest BCUT2D eigenvalue weighted by molar-refractivity contribution is 0.124. The van der Waals surface area contributed by atoms with E-state index in [1.54, 1.807) is 4.90 Å². The molecule has 0 fully saturated rings. The number of hydrogen-bond acceptors (Lipinski definition) is 1. The Labute approximate surface area is 88.1 Å². The van der Waals surface area contributed by atoms with E-state index in [2.05, 4.69) is 0 Å². The number of amides is 2. The zero-order chi connectivity index (χ0) is 11.5. The normalized spacial score (nSPS) is 11.3. The Bertz CT molecular complexity index is 180. The minimum absolute atomic E-state index is 0.116. The van der Waals surface area contributed by atoms with Gasteiger partial charge in [0.05, 0.1) is 0 Å². The van der Waals surface area contributed by atoms with Gasteiger partial charge in [0.1, 0.15) is 0 Å². The van der Waals surface area contributed by atoms with Gasteiger partial charge in [-0.05, 0) is 41.5 Å². The standard InChI is InChI=1S/C11H24N2O/c1-8(2)12(7)11(14)13(9(3)4)10(5)6/h8-10H,1-7H3. The summed E-state index contributed by atoms with van der Waals surface area (Å²) in [5, 5.41) is 0. The van der Waals surface area contributed by atoms with Gasteiger partial charge in [0, 0.05) is 25.2 Å². The van der Waals surface area contributed by atoms with Crippen molar-refractivity contribution in [2.24, 2.45) is 0 Å². The Morgan fingerprint density at radius 1 is 0.857 bits per heavy atom. The fourth-order valence-electron chi connectivity index (χ4n) is 1.44. The van der Waals surface area contributed by atoms with Gasteiger partial charge in [-0.2, -0.15) is 0 Å². The monoisotopic (exact) mass is 200 g/mol. The van der Waals surface area contributed by atoms with Crippen LogP contribution >= 0.6 is 0 Å². The highest BCUT2D eigenvalue weighted by atomic mass is 16.2. The summed E-state index contributed by atoms with van der Waals surface area (Å²) in [6, 6.07) is 0.875. The molecule has 0 aliphatic heterocycles. The molecule has 0 N–H and O–H groups in total. The van der Waals surface area contributed by atoms with E-state index in [0.717, 1.165) is 0 Å². The minimum Gasteiger partial charge on any atom is -0.325 e. The largest absolute Gasteiger partial charge is 0.325 e. The van der Waals surface area contributed by atoms with E-state index in [1.807, 2.05) is 53.5 Å². The molecule has 0 saturated carbocycles. The van der Waals surface area contributed by atoms with Crippen molar-refractivity contribution >= 4 is 6.03 Å². The molecule has 2 amide bonds. The maximum absolute atomic E-state index is 12.0. The first-order valence-electron chi connectivity index (χ1n) is 5.34. The van der Waals surface area contributed by atoms with E-state index in [1.165, 1.54) is 0 Å². The number of hydrogen-bond donors (Lipinski definition) is 0. The van der Waals surface area contributed by atoms with E-state index in [0.29, 0.717) is 0 Å². The number of rotatable bonds is 3. The second-order valence-electron chi connectivity index (χ2n) is 4.58. The number of carbonyl (C=O) groups excluding carboxylic acids is 1. The van der Waals surface area contributed by atoms with Crippen molar-refractivity contribution in [2.75, 3.05) is 7.05 Å². The molecule has 0 aromatic rings. The van der Waals surface area contributed by atoms with Gasteiger partial charge in [0.25, 0.3) is 0 Å². The van der Waals surface area contributed by atoms with Gasteiger partial charge >= 0.3 is 6.03 Å². The van der Waals surface area contributed by atoms with Crippen LogP contribution in [0.2, 0.25) is 0 Å². The highest BCUT2D eigenvalue weighted by Crippen LogP contribution is 2.10. The van der Waals surface area contributed by atoms with Crippen molar-refractivity contribution in [3.05, 3.63) is 0 Å². The third kappa shape index (κ3) is 3.20. The fraction of sp³-hybridized carbons (Fsp3) is 0.909. The number of nitrogens with zero attached hydrogens (tertiary/aromatic N) is 2. The first-order chi connectivity index (χ1) is 6.29. The van der Waals surface area contributed by atoms with Crippen LogP contribution in [0.5, 0.6) is 0 Å². The van der Waals surface area contributed by atoms with Gasteiger partial charge in [-0.1, -0.05) is 0 Å². The molecule has 0 atom stereocenters. The molecule has 0 aliphatic rings. The average Bonchev–Trinajstić information content (AvgIpc) is 2.01. The predicted octanol–water partition coefficient (Wildman–Crippen LogP) is 2.57. The number of urea groups is 1. The van der Waals surface area contributed by atoms with Crippen LogP contribution in [0.25, 0.3) is 0 Å². The van der Waals surface area contributed by atoms with Crippen molar-refractivity contribution in [3.63, 3.8) is 0 Å². The van der Waals surface area contributed by atoms with Crippen molar-refractivity contribution in [1.82, 2.24) is 9.80 Å². The van der Waals surface area contributed by atoms with Crippen LogP contribution in [0.15, 0.2) is 0 Å². The van der Waals surface area contributed by atoms with Gasteiger partial charge in [0.15, 0.2) is 0 Å². The average molecular weight is 200 g/mol. The molecular weight excluding hydrogens is 176 g/mol. The van der Waals surface area contributed by atoms with Crippen LogP contribution in [-0.2, 0) is 0 Å². The third-order valence-corrected chi connectivity index (χ3v) is 2.41. The Morgan fingerprint density at radius 2 is 1.21 bits per heavy atom. The molecule has 0 aromatic heterocycles. The molecule has 0 radical (unpaired) electrons. The minimum atomic E-state index is 0.116. The fourth-order valence-corrected chi connectivity index (χ4v) is 1.44. The summed E-state index contributed by atoms with van der Waals surface area (Å²) >= 11 is 0. The molecule has 0 unspecified atom stereocenters. The Hall–Kier alpha value is -0.730. The molecular formula is C11H24N2O. The van der Waals surface area contributed by atoms with Gasteiger partial charge in [-0.3, -0.25) is 0 Å². The van der Waals surface area contributed by atoms with Crippen molar-refractivity contribution in [1.29, 1.82) is 0 Å². The summed E-state index contributed by atoms with van der Waals surface area (Å²) in [7, 11) is 1.85. The molecule has 0 saturated heterocycles. The SMILES string of the molecule is CC(C)N(C)C(=O)N(C(C)C)C(C)C. The molecule has 3 heteroatoms. The van der Waals surface area contributed by atoms with Crippen LogP contribution in [-0.4, -0.2) is 41.0 Å². The maximum Gasteiger partial charge on any atom is 0.320 e. The molecule has 14 heavy (non-hydrogen) atoms. The second-order valence-corrected chi connectivity index (χ2v) is 4.58. The lowest BCUT2D eigenvalue weighted by Crippen LogP contribution is -2.50. The van der Waals surface area contributed by atoms with E-state index >= 15 is 0 Å². The first-order valence-corrected chi connectivity index (χ1v) is 5.34. The third-order valence-electron chi connectivity index (χ3n) is 2.41. The quantitative estimate of drug-likeness (QED) is 0.687. The van der Waals surface area contributed by atoms with Crippen molar-refractivity contribution in [3.8, 4) is 0 Å². The smallest absolute Gasteiger partial charge is 0.320 e. The van der Waals surface area contributed by atoms with Gasteiger partial charge in [-0.25, -0.2) is 4.79 Å². The molecule has 3 nitrogen and oxygen atoms in total. The molecule has 0 spiro atoms. The van der Waals surface area contributed by atoms with Crippen LogP contribution < -0.4 is 0 Å². The number of carbonyl (C=O) groups is 1. The van der Waals surface area contributed by atoms with Crippen LogP contribution in [0, 0.1) is 0 Å². The molecule has 0 aromatic carbocycles. The summed E-state index contributed by atoms with van der Waals surface area (Å²) in [5.41, 5.74) is 0. The highest BCUT2D eigenvalue weighted by molar-refractivity contribution is 5.75. The van der Waals surface area contributed by atoms with Crippen LogP contribution in [0.1, 0.15) is 41.5 Å². The zero-order valence-electron chi connectivity index (χ0n) is 10.5. The lowest BCUT2D eigenvalue weighted by atomic mass is 10.2. The summed E-state index contributed by atoms with van der Waals surface area (Å²) in [6.45, 7) is 12.2. The van der Waals surface area contributed by atoms with Crippen molar-refractivity contribution < 1.29 is 4.79 Å². The molecule has 0 rings (SSSR count). The van der Waals surface area contributed by atoms with E-state index in [9.17, 15) is 4.79 Å². The molecule has 0 aliphatic carbocycles. The molecule has 0 heterocycles. The lowest BCUT2D eigenvalue weighted by Gasteiger charge is -2.36. The maximum atomic E-state index is 12.0. The topological polar surface area (TPSA) is 23.6 Å². The van der Waals surface area contributed by atoms with Crippen LogP contribution in [0.3, 0.4) is 0 Å². The van der Waals surface area contributed by atoms with E-state index in [-0.39, 0.29) is 24.2 Å².